The highest BCUT2D eigenvalue weighted by Crippen LogP contribution is 2.34. The summed E-state index contributed by atoms with van der Waals surface area (Å²) in [5.74, 6) is 0. The van der Waals surface area contributed by atoms with E-state index in [0.29, 0.717) is 0 Å². The summed E-state index contributed by atoms with van der Waals surface area (Å²) in [6.07, 6.45) is 16.5. The van der Waals surface area contributed by atoms with E-state index in [-0.39, 0.29) is 0 Å². The molecule has 0 atom stereocenters. The third-order valence-electron chi connectivity index (χ3n) is 11.7. The van der Waals surface area contributed by atoms with E-state index in [1.807, 2.05) is 0 Å². The van der Waals surface area contributed by atoms with E-state index in [4.69, 9.17) is 0 Å². The Morgan fingerprint density at radius 2 is 1.08 bits per heavy atom. The van der Waals surface area contributed by atoms with Gasteiger partial charge in [0, 0.05) is 52.4 Å². The SMILES string of the molecule is C[n+]1cc2ccc1-c1ccccc1C1=C[n+]3cc(ccc3-c3ccccc3C1)CCc1cc(cc(CCc3ccc4[n+](c3)Cc3ccccc3-4)c1)CC2. The molecule has 4 aromatic carbocycles. The van der Waals surface area contributed by atoms with E-state index in [1.54, 1.807) is 0 Å². The second kappa shape index (κ2) is 13.2. The smallest absolute Gasteiger partial charge is 0.201 e. The number of nitrogens with zero attached hydrogens (tertiary/aromatic N) is 3. The average molecular weight is 687 g/mol. The van der Waals surface area contributed by atoms with E-state index in [9.17, 15) is 0 Å². The van der Waals surface area contributed by atoms with Crippen LogP contribution in [0, 0.1) is 0 Å². The third kappa shape index (κ3) is 6.10. The van der Waals surface area contributed by atoms with Crippen LogP contribution in [0.1, 0.15) is 50.1 Å². The second-order valence-corrected chi connectivity index (χ2v) is 15.3. The molecule has 7 aromatic rings. The molecule has 0 radical (unpaired) electrons. The van der Waals surface area contributed by atoms with Gasteiger partial charge in [0.05, 0.1) is 16.7 Å². The third-order valence-corrected chi connectivity index (χ3v) is 11.7. The highest BCUT2D eigenvalue weighted by atomic mass is 15.0. The average Bonchev–Trinajstić information content (AvgIpc) is 3.47. The topological polar surface area (TPSA) is 11.6 Å². The van der Waals surface area contributed by atoms with E-state index >= 15 is 0 Å². The molecule has 0 N–H and O–H groups in total. The van der Waals surface area contributed by atoms with Crippen molar-refractivity contribution in [1.82, 2.24) is 0 Å². The molecular formula is C50H44N3+3. The lowest BCUT2D eigenvalue weighted by Crippen LogP contribution is -2.32. The Hall–Kier alpha value is -5.93. The van der Waals surface area contributed by atoms with Crippen LogP contribution in [0.2, 0.25) is 0 Å². The minimum atomic E-state index is 0.888. The first-order valence-electron chi connectivity index (χ1n) is 19.2. The monoisotopic (exact) mass is 686 g/mol. The highest BCUT2D eigenvalue weighted by molar-refractivity contribution is 5.86. The number of benzene rings is 4. The summed E-state index contributed by atoms with van der Waals surface area (Å²) in [7, 11) is 2.20. The predicted octanol–water partition coefficient (Wildman–Crippen LogP) is 8.67. The van der Waals surface area contributed by atoms with Gasteiger partial charge in [-0.15, -0.1) is 0 Å². The first-order chi connectivity index (χ1) is 26.1. The molecule has 7 bridgehead atoms. The predicted molar refractivity (Wildman–Crippen MR) is 213 cm³/mol. The molecule has 0 unspecified atom stereocenters. The van der Waals surface area contributed by atoms with Crippen molar-refractivity contribution in [3.05, 3.63) is 196 Å². The van der Waals surface area contributed by atoms with Gasteiger partial charge in [-0.2, -0.15) is 9.13 Å². The lowest BCUT2D eigenvalue weighted by molar-refractivity contribution is -0.672. The maximum Gasteiger partial charge on any atom is 0.218 e. The van der Waals surface area contributed by atoms with E-state index < -0.39 is 0 Å². The van der Waals surface area contributed by atoms with Crippen molar-refractivity contribution in [3.8, 4) is 33.8 Å². The molecule has 4 aliphatic heterocycles. The Morgan fingerprint density at radius 3 is 1.85 bits per heavy atom. The fourth-order valence-corrected chi connectivity index (χ4v) is 8.98. The van der Waals surface area contributed by atoms with Gasteiger partial charge in [0.15, 0.2) is 31.3 Å². The Kier molecular flexibility index (Phi) is 7.94. The van der Waals surface area contributed by atoms with E-state index in [1.165, 1.54) is 89.4 Å². The van der Waals surface area contributed by atoms with Crippen LogP contribution in [0.25, 0.3) is 45.5 Å². The number of fused-ring (bicyclic) bond motifs is 9. The van der Waals surface area contributed by atoms with Crippen LogP contribution in [0.3, 0.4) is 0 Å². The number of aromatic nitrogens is 3. The lowest BCUT2D eigenvalue weighted by Gasteiger charge is -2.12. The summed E-state index contributed by atoms with van der Waals surface area (Å²) in [5, 5.41) is 0. The number of rotatable bonds is 3. The summed E-state index contributed by atoms with van der Waals surface area (Å²) in [6, 6.07) is 48.2. The molecule has 256 valence electrons. The van der Waals surface area contributed by atoms with Crippen LogP contribution >= 0.6 is 0 Å². The van der Waals surface area contributed by atoms with E-state index in [0.717, 1.165) is 51.5 Å². The van der Waals surface area contributed by atoms with Crippen molar-refractivity contribution in [1.29, 1.82) is 0 Å². The number of allylic oxidation sites excluding steroid dienone is 1. The van der Waals surface area contributed by atoms with Crippen LogP contribution in [0.4, 0.5) is 0 Å². The lowest BCUT2D eigenvalue weighted by atomic mass is 9.91. The fourth-order valence-electron chi connectivity index (χ4n) is 8.98. The minimum absolute atomic E-state index is 0.888. The first-order valence-corrected chi connectivity index (χ1v) is 19.2. The zero-order valence-corrected chi connectivity index (χ0v) is 30.4. The molecule has 11 rings (SSSR count). The molecule has 0 aliphatic carbocycles. The van der Waals surface area contributed by atoms with E-state index in [2.05, 4.69) is 173 Å². The maximum absolute atomic E-state index is 2.48. The van der Waals surface area contributed by atoms with Crippen LogP contribution in [0.15, 0.2) is 146 Å². The number of pyridine rings is 3. The van der Waals surface area contributed by atoms with Gasteiger partial charge in [-0.25, -0.2) is 4.57 Å². The van der Waals surface area contributed by atoms with Crippen LogP contribution < -0.4 is 13.7 Å². The molecule has 0 spiro atoms. The fraction of sp³-hybridized carbons (Fsp3) is 0.180. The number of aryl methyl sites for hydroxylation is 7. The quantitative estimate of drug-likeness (QED) is 0.165. The van der Waals surface area contributed by atoms with Gasteiger partial charge in [0.25, 0.3) is 0 Å². The Labute approximate surface area is 312 Å². The molecule has 3 nitrogen and oxygen atoms in total. The van der Waals surface area contributed by atoms with Crippen molar-refractivity contribution in [3.63, 3.8) is 0 Å². The highest BCUT2D eigenvalue weighted by Gasteiger charge is 2.27. The van der Waals surface area contributed by atoms with Gasteiger partial charge >= 0.3 is 0 Å². The van der Waals surface area contributed by atoms with Gasteiger partial charge in [0.2, 0.25) is 17.1 Å². The second-order valence-electron chi connectivity index (χ2n) is 15.3. The summed E-state index contributed by atoms with van der Waals surface area (Å²) in [6.45, 7) is 0.967. The summed E-state index contributed by atoms with van der Waals surface area (Å²) >= 11 is 0. The molecule has 7 heterocycles. The van der Waals surface area contributed by atoms with Gasteiger partial charge in [-0.05, 0) is 103 Å². The molecule has 0 saturated carbocycles. The number of hydrogen-bond donors (Lipinski definition) is 0. The maximum atomic E-state index is 2.48. The van der Waals surface area contributed by atoms with Gasteiger partial charge < -0.3 is 0 Å². The molecular weight excluding hydrogens is 643 g/mol. The molecule has 0 amide bonds. The minimum Gasteiger partial charge on any atom is -0.201 e. The summed E-state index contributed by atoms with van der Waals surface area (Å²) in [4.78, 5) is 0. The van der Waals surface area contributed by atoms with Crippen molar-refractivity contribution >= 4 is 11.8 Å². The Bertz CT molecular complexity index is 2590. The molecule has 3 aromatic heterocycles. The Morgan fingerprint density at radius 1 is 0.472 bits per heavy atom. The largest absolute Gasteiger partial charge is 0.218 e. The van der Waals surface area contributed by atoms with Gasteiger partial charge in [0.1, 0.15) is 7.05 Å². The first kappa shape index (κ1) is 31.8. The van der Waals surface area contributed by atoms with Crippen molar-refractivity contribution in [2.24, 2.45) is 7.05 Å². The van der Waals surface area contributed by atoms with Crippen LogP contribution in [-0.4, -0.2) is 0 Å². The molecule has 4 aliphatic rings. The number of hydrogen-bond acceptors (Lipinski definition) is 0. The van der Waals surface area contributed by atoms with Crippen LogP contribution in [-0.2, 0) is 58.5 Å². The molecule has 3 heteroatoms. The zero-order valence-electron chi connectivity index (χ0n) is 30.4. The molecule has 53 heavy (non-hydrogen) atoms. The van der Waals surface area contributed by atoms with Gasteiger partial charge in [-0.3, -0.25) is 0 Å². The molecule has 0 saturated heterocycles. The van der Waals surface area contributed by atoms with Crippen LogP contribution in [0.5, 0.6) is 0 Å². The van der Waals surface area contributed by atoms with Crippen molar-refractivity contribution < 1.29 is 13.7 Å². The normalized spacial score (nSPS) is 13.9. The zero-order chi connectivity index (χ0) is 35.3. The summed E-state index contributed by atoms with van der Waals surface area (Å²) < 4.78 is 7.16. The summed E-state index contributed by atoms with van der Waals surface area (Å²) in [5.41, 5.74) is 21.6. The molecule has 0 fully saturated rings. The van der Waals surface area contributed by atoms with Crippen molar-refractivity contribution in [2.45, 2.75) is 51.5 Å². The standard InChI is InChI=1S/C50H44N3/c1-51-30-35-14-17-38-26-39(18-15-36-22-25-50-46-12-5-3-9-42(46)33-52(50)31-36)28-40(27-38)19-16-37-21-24-49-45-11-4-2-8-41(45)29-43(34-53(49)32-37)44-10-6-7-13-47(44)48(51)23-20-35/h2-13,20-28,30-32,34H,14-19,29,33H2,1H3/q+3. The van der Waals surface area contributed by atoms with Crippen molar-refractivity contribution in [2.75, 3.05) is 0 Å². The Balaban J connectivity index is 1.02. The van der Waals surface area contributed by atoms with Gasteiger partial charge in [-0.1, -0.05) is 72.8 Å².